The Morgan fingerprint density at radius 2 is 1.96 bits per heavy atom. The van der Waals surface area contributed by atoms with Crippen LogP contribution in [0.3, 0.4) is 0 Å². The molecule has 2 heterocycles. The molecule has 3 aromatic rings. The normalized spacial score (nSPS) is 16.3. The molecule has 6 nitrogen and oxygen atoms in total. The van der Waals surface area contributed by atoms with Crippen molar-refractivity contribution in [1.29, 1.82) is 0 Å². The second-order valence-corrected chi connectivity index (χ2v) is 7.05. The molecular weight excluding hydrogens is 354 g/mol. The lowest BCUT2D eigenvalue weighted by Crippen LogP contribution is -2.34. The summed E-state index contributed by atoms with van der Waals surface area (Å²) in [6.07, 6.45) is 4.08. The van der Waals surface area contributed by atoms with Crippen LogP contribution >= 0.6 is 12.4 Å². The number of ether oxygens (including phenoxy) is 1. The highest BCUT2D eigenvalue weighted by Gasteiger charge is 2.36. The molecule has 1 fully saturated rings. The van der Waals surface area contributed by atoms with Crippen LogP contribution in [0.5, 0.6) is 0 Å². The van der Waals surface area contributed by atoms with Gasteiger partial charge in [0, 0.05) is 10.9 Å². The summed E-state index contributed by atoms with van der Waals surface area (Å²) in [5, 5.41) is 5.14. The molecule has 0 atom stereocenters. The van der Waals surface area contributed by atoms with Crippen molar-refractivity contribution in [1.82, 2.24) is 10.1 Å². The molecule has 1 saturated carbocycles. The summed E-state index contributed by atoms with van der Waals surface area (Å²) in [7, 11) is 0. The average Bonchev–Trinajstić information content (AvgIpc) is 3.31. The highest BCUT2D eigenvalue weighted by molar-refractivity contribution is 5.86. The molecule has 26 heavy (non-hydrogen) atoms. The third-order valence-corrected chi connectivity index (χ3v) is 4.82. The fraction of sp³-hybridized carbons (Fsp3) is 0.474. The maximum absolute atomic E-state index is 6.44. The van der Waals surface area contributed by atoms with E-state index in [1.54, 1.807) is 0 Å². The molecule has 0 aliphatic heterocycles. The molecule has 0 amide bonds. The number of para-hydroxylation sites is 1. The molecule has 0 unspecified atom stereocenters. The zero-order valence-corrected chi connectivity index (χ0v) is 15.8. The van der Waals surface area contributed by atoms with Gasteiger partial charge in [0.15, 0.2) is 11.6 Å². The van der Waals surface area contributed by atoms with Gasteiger partial charge in [0.25, 0.3) is 5.89 Å². The zero-order chi connectivity index (χ0) is 17.4. The lowest BCUT2D eigenvalue weighted by molar-refractivity contribution is 0.0662. The standard InChI is InChI=1S/C19H23N3O3.ClH/c1-12(2)23-11-14-13-7-3-4-8-15(13)24-16(14)17-21-18(22-25-17)19(20)9-5-6-10-19;/h3-4,7-8,12H,5-6,9-11,20H2,1-2H3;1H. The molecular formula is C19H24ClN3O3. The first kappa shape index (κ1) is 18.9. The van der Waals surface area contributed by atoms with Gasteiger partial charge in [0.2, 0.25) is 0 Å². The molecule has 1 aliphatic carbocycles. The van der Waals surface area contributed by atoms with E-state index in [4.69, 9.17) is 19.4 Å². The fourth-order valence-corrected chi connectivity index (χ4v) is 3.41. The van der Waals surface area contributed by atoms with E-state index in [2.05, 4.69) is 10.1 Å². The van der Waals surface area contributed by atoms with E-state index in [9.17, 15) is 0 Å². The summed E-state index contributed by atoms with van der Waals surface area (Å²) in [5.41, 5.74) is 7.67. The van der Waals surface area contributed by atoms with Crippen molar-refractivity contribution in [2.45, 2.75) is 57.8 Å². The summed E-state index contributed by atoms with van der Waals surface area (Å²) in [4.78, 5) is 4.57. The number of nitrogens with zero attached hydrogens (tertiary/aromatic N) is 2. The van der Waals surface area contributed by atoms with Gasteiger partial charge in [-0.3, -0.25) is 0 Å². The predicted octanol–water partition coefficient (Wildman–Crippen LogP) is 4.56. The quantitative estimate of drug-likeness (QED) is 0.701. The van der Waals surface area contributed by atoms with Crippen molar-refractivity contribution < 1.29 is 13.7 Å². The highest BCUT2D eigenvalue weighted by Crippen LogP contribution is 2.37. The van der Waals surface area contributed by atoms with Gasteiger partial charge in [-0.25, -0.2) is 0 Å². The Hall–Kier alpha value is -1.89. The predicted molar refractivity (Wildman–Crippen MR) is 101 cm³/mol. The summed E-state index contributed by atoms with van der Waals surface area (Å²) in [6.45, 7) is 4.44. The molecule has 1 aliphatic rings. The SMILES string of the molecule is CC(C)OCc1c(-c2nc(C3(N)CCCC3)no2)oc2ccccc12.Cl. The third kappa shape index (κ3) is 3.37. The maximum Gasteiger partial charge on any atom is 0.294 e. The molecule has 1 aromatic carbocycles. The first-order valence-corrected chi connectivity index (χ1v) is 8.82. The molecule has 7 heteroatoms. The van der Waals surface area contributed by atoms with Crippen molar-refractivity contribution in [3.05, 3.63) is 35.7 Å². The minimum Gasteiger partial charge on any atom is -0.450 e. The summed E-state index contributed by atoms with van der Waals surface area (Å²) >= 11 is 0. The van der Waals surface area contributed by atoms with Gasteiger partial charge in [-0.2, -0.15) is 4.98 Å². The maximum atomic E-state index is 6.44. The van der Waals surface area contributed by atoms with E-state index in [1.165, 1.54) is 0 Å². The number of hydrogen-bond donors (Lipinski definition) is 1. The molecule has 2 N–H and O–H groups in total. The number of halogens is 1. The molecule has 140 valence electrons. The van der Waals surface area contributed by atoms with E-state index < -0.39 is 5.54 Å². The Kier molecular flexibility index (Phi) is 5.37. The molecule has 0 bridgehead atoms. The Balaban J connectivity index is 0.00000196. The Bertz CT molecular complexity index is 881. The van der Waals surface area contributed by atoms with Crippen LogP contribution in [0.4, 0.5) is 0 Å². The first-order valence-electron chi connectivity index (χ1n) is 8.82. The van der Waals surface area contributed by atoms with Crippen LogP contribution in [0.15, 0.2) is 33.2 Å². The van der Waals surface area contributed by atoms with Crippen molar-refractivity contribution in [3.63, 3.8) is 0 Å². The smallest absolute Gasteiger partial charge is 0.294 e. The molecule has 2 aromatic heterocycles. The Labute approximate surface area is 158 Å². The van der Waals surface area contributed by atoms with E-state index in [0.717, 1.165) is 42.2 Å². The average molecular weight is 378 g/mol. The highest BCUT2D eigenvalue weighted by atomic mass is 35.5. The van der Waals surface area contributed by atoms with Crippen molar-refractivity contribution in [3.8, 4) is 11.7 Å². The molecule has 4 rings (SSSR count). The molecule has 0 radical (unpaired) electrons. The van der Waals surface area contributed by atoms with Gasteiger partial charge in [-0.1, -0.05) is 36.2 Å². The number of rotatable bonds is 5. The third-order valence-electron chi connectivity index (χ3n) is 4.82. The van der Waals surface area contributed by atoms with E-state index in [1.807, 2.05) is 38.1 Å². The van der Waals surface area contributed by atoms with Crippen LogP contribution < -0.4 is 5.73 Å². The topological polar surface area (TPSA) is 87.3 Å². The number of aromatic nitrogens is 2. The number of nitrogens with two attached hydrogens (primary N) is 1. The number of furan rings is 1. The minimum atomic E-state index is -0.484. The number of fused-ring (bicyclic) bond motifs is 1. The van der Waals surface area contributed by atoms with Gasteiger partial charge >= 0.3 is 0 Å². The fourth-order valence-electron chi connectivity index (χ4n) is 3.41. The van der Waals surface area contributed by atoms with E-state index in [0.29, 0.717) is 24.1 Å². The zero-order valence-electron chi connectivity index (χ0n) is 15.0. The summed E-state index contributed by atoms with van der Waals surface area (Å²) < 4.78 is 17.3. The lowest BCUT2D eigenvalue weighted by atomic mass is 9.99. The van der Waals surface area contributed by atoms with Crippen LogP contribution in [-0.2, 0) is 16.9 Å². The van der Waals surface area contributed by atoms with Crippen molar-refractivity contribution in [2.24, 2.45) is 5.73 Å². The Morgan fingerprint density at radius 1 is 1.23 bits per heavy atom. The number of benzene rings is 1. The Morgan fingerprint density at radius 3 is 2.69 bits per heavy atom. The van der Waals surface area contributed by atoms with E-state index >= 15 is 0 Å². The summed E-state index contributed by atoms with van der Waals surface area (Å²) in [6, 6.07) is 7.86. The van der Waals surface area contributed by atoms with Crippen molar-refractivity contribution in [2.75, 3.05) is 0 Å². The molecule has 0 saturated heterocycles. The minimum absolute atomic E-state index is 0. The van der Waals surface area contributed by atoms with E-state index in [-0.39, 0.29) is 18.5 Å². The summed E-state index contributed by atoms with van der Waals surface area (Å²) in [5.74, 6) is 1.50. The van der Waals surface area contributed by atoms with Gasteiger partial charge in [0.1, 0.15) is 5.58 Å². The van der Waals surface area contributed by atoms with Gasteiger partial charge in [-0.05, 0) is 32.8 Å². The van der Waals surface area contributed by atoms with Gasteiger partial charge < -0.3 is 19.4 Å². The van der Waals surface area contributed by atoms with Crippen LogP contribution in [0.1, 0.15) is 50.9 Å². The second-order valence-electron chi connectivity index (χ2n) is 7.05. The second kappa shape index (κ2) is 7.39. The lowest BCUT2D eigenvalue weighted by Gasteiger charge is -2.17. The molecule has 0 spiro atoms. The van der Waals surface area contributed by atoms with Crippen LogP contribution in [-0.4, -0.2) is 16.2 Å². The van der Waals surface area contributed by atoms with Gasteiger partial charge in [0.05, 0.1) is 18.2 Å². The van der Waals surface area contributed by atoms with Crippen LogP contribution in [0.2, 0.25) is 0 Å². The monoisotopic (exact) mass is 377 g/mol. The largest absolute Gasteiger partial charge is 0.450 e. The van der Waals surface area contributed by atoms with Crippen molar-refractivity contribution >= 4 is 23.4 Å². The van der Waals surface area contributed by atoms with Crippen LogP contribution in [0.25, 0.3) is 22.6 Å². The van der Waals surface area contributed by atoms with Gasteiger partial charge in [-0.15, -0.1) is 12.4 Å². The number of hydrogen-bond acceptors (Lipinski definition) is 6. The first-order chi connectivity index (χ1) is 12.1. The van der Waals surface area contributed by atoms with Crippen LogP contribution in [0, 0.1) is 0 Å².